The van der Waals surface area contributed by atoms with Gasteiger partial charge in [0.1, 0.15) is 0 Å². The monoisotopic (exact) mass is 525 g/mol. The third-order valence-electron chi connectivity index (χ3n) is 9.15. The van der Waals surface area contributed by atoms with Crippen LogP contribution in [0.3, 0.4) is 0 Å². The van der Waals surface area contributed by atoms with Crippen molar-refractivity contribution in [3.63, 3.8) is 0 Å². The number of fused-ring (bicyclic) bond motifs is 12. The molecule has 0 saturated heterocycles. The SMILES string of the molecule is CC1(C)c2ccccc2-c2c1c1c(c3ccccc3n1-c1ccccc1)c1c3ccccc3n(-c3ccncc3)c21. The molecule has 41 heavy (non-hydrogen) atoms. The molecule has 5 aromatic carbocycles. The smallest absolute Gasteiger partial charge is 0.0630 e. The van der Waals surface area contributed by atoms with Gasteiger partial charge in [0.05, 0.1) is 22.1 Å². The molecule has 0 aliphatic heterocycles. The molecule has 0 bridgehead atoms. The molecule has 0 radical (unpaired) electrons. The van der Waals surface area contributed by atoms with Gasteiger partial charge in [0, 0.05) is 56.3 Å². The van der Waals surface area contributed by atoms with Gasteiger partial charge in [0.2, 0.25) is 0 Å². The molecule has 3 nitrogen and oxygen atoms in total. The molecular weight excluding hydrogens is 498 g/mol. The van der Waals surface area contributed by atoms with Crippen LogP contribution in [0.25, 0.3) is 66.1 Å². The Kier molecular flexibility index (Phi) is 4.39. The molecule has 0 amide bonds. The molecule has 3 aromatic heterocycles. The molecule has 194 valence electrons. The van der Waals surface area contributed by atoms with Gasteiger partial charge in [0.15, 0.2) is 0 Å². The number of benzene rings is 5. The second-order valence-corrected chi connectivity index (χ2v) is 11.6. The first-order chi connectivity index (χ1) is 20.2. The van der Waals surface area contributed by atoms with E-state index in [2.05, 4.69) is 143 Å². The molecule has 8 aromatic rings. The summed E-state index contributed by atoms with van der Waals surface area (Å²) in [4.78, 5) is 4.36. The number of hydrogen-bond donors (Lipinski definition) is 0. The van der Waals surface area contributed by atoms with E-state index in [0.29, 0.717) is 0 Å². The Morgan fingerprint density at radius 1 is 0.537 bits per heavy atom. The van der Waals surface area contributed by atoms with Crippen LogP contribution in [-0.4, -0.2) is 14.1 Å². The Balaban J connectivity index is 1.67. The van der Waals surface area contributed by atoms with Crippen LogP contribution in [0.5, 0.6) is 0 Å². The fraction of sp³-hybridized carbons (Fsp3) is 0.0789. The fourth-order valence-electron chi connectivity index (χ4n) is 7.55. The van der Waals surface area contributed by atoms with E-state index in [4.69, 9.17) is 0 Å². The van der Waals surface area contributed by atoms with Gasteiger partial charge in [0.25, 0.3) is 0 Å². The van der Waals surface area contributed by atoms with Crippen molar-refractivity contribution in [2.24, 2.45) is 0 Å². The maximum Gasteiger partial charge on any atom is 0.0630 e. The molecule has 1 aliphatic rings. The van der Waals surface area contributed by atoms with Gasteiger partial charge < -0.3 is 9.13 Å². The second kappa shape index (κ2) is 7.96. The van der Waals surface area contributed by atoms with Crippen molar-refractivity contribution < 1.29 is 0 Å². The van der Waals surface area contributed by atoms with Crippen LogP contribution in [0, 0.1) is 0 Å². The highest BCUT2D eigenvalue weighted by Crippen LogP contribution is 2.57. The van der Waals surface area contributed by atoms with Crippen molar-refractivity contribution in [3.8, 4) is 22.5 Å². The Morgan fingerprint density at radius 2 is 1.07 bits per heavy atom. The minimum absolute atomic E-state index is 0.196. The van der Waals surface area contributed by atoms with Gasteiger partial charge in [-0.3, -0.25) is 4.98 Å². The molecule has 0 atom stereocenters. The van der Waals surface area contributed by atoms with Crippen LogP contribution in [0.2, 0.25) is 0 Å². The highest BCUT2D eigenvalue weighted by Gasteiger charge is 2.41. The van der Waals surface area contributed by atoms with E-state index in [1.54, 1.807) is 0 Å². The van der Waals surface area contributed by atoms with Gasteiger partial charge in [-0.2, -0.15) is 0 Å². The van der Waals surface area contributed by atoms with Gasteiger partial charge in [-0.1, -0.05) is 92.7 Å². The summed E-state index contributed by atoms with van der Waals surface area (Å²) < 4.78 is 4.98. The summed E-state index contributed by atoms with van der Waals surface area (Å²) in [5.41, 5.74) is 12.6. The largest absolute Gasteiger partial charge is 0.309 e. The number of pyridine rings is 1. The van der Waals surface area contributed by atoms with Crippen LogP contribution >= 0.6 is 0 Å². The first-order valence-electron chi connectivity index (χ1n) is 14.2. The Hall–Kier alpha value is -5.15. The molecule has 3 heteroatoms. The maximum absolute atomic E-state index is 4.36. The van der Waals surface area contributed by atoms with Crippen molar-refractivity contribution in [1.29, 1.82) is 0 Å². The van der Waals surface area contributed by atoms with Gasteiger partial charge >= 0.3 is 0 Å². The molecule has 0 saturated carbocycles. The lowest BCUT2D eigenvalue weighted by Crippen LogP contribution is -2.16. The average Bonchev–Trinajstić information content (AvgIpc) is 3.62. The zero-order valence-electron chi connectivity index (χ0n) is 23.0. The van der Waals surface area contributed by atoms with Crippen LogP contribution in [0.4, 0.5) is 0 Å². The number of aromatic nitrogens is 3. The molecular formula is C38H27N3. The first kappa shape index (κ1) is 22.6. The zero-order chi connectivity index (χ0) is 27.3. The van der Waals surface area contributed by atoms with E-state index >= 15 is 0 Å². The first-order valence-corrected chi connectivity index (χ1v) is 14.2. The highest BCUT2D eigenvalue weighted by atomic mass is 15.0. The number of para-hydroxylation sites is 3. The lowest BCUT2D eigenvalue weighted by Gasteiger charge is -2.24. The van der Waals surface area contributed by atoms with E-state index < -0.39 is 0 Å². The molecule has 0 unspecified atom stereocenters. The summed E-state index contributed by atoms with van der Waals surface area (Å²) in [7, 11) is 0. The highest BCUT2D eigenvalue weighted by molar-refractivity contribution is 6.33. The van der Waals surface area contributed by atoms with Crippen LogP contribution in [-0.2, 0) is 5.41 Å². The predicted octanol–water partition coefficient (Wildman–Crippen LogP) is 9.58. The summed E-state index contributed by atoms with van der Waals surface area (Å²) in [5.74, 6) is 0. The van der Waals surface area contributed by atoms with Crippen molar-refractivity contribution in [3.05, 3.63) is 139 Å². The predicted molar refractivity (Wildman–Crippen MR) is 170 cm³/mol. The molecule has 0 fully saturated rings. The number of nitrogens with zero attached hydrogens (tertiary/aromatic N) is 3. The Morgan fingerprint density at radius 3 is 1.78 bits per heavy atom. The fourth-order valence-corrected chi connectivity index (χ4v) is 7.55. The zero-order valence-corrected chi connectivity index (χ0v) is 23.0. The van der Waals surface area contributed by atoms with E-state index in [1.165, 1.54) is 71.6 Å². The maximum atomic E-state index is 4.36. The minimum atomic E-state index is -0.196. The van der Waals surface area contributed by atoms with Crippen molar-refractivity contribution >= 4 is 43.6 Å². The summed E-state index contributed by atoms with van der Waals surface area (Å²) in [6.07, 6.45) is 3.79. The molecule has 3 heterocycles. The van der Waals surface area contributed by atoms with E-state index in [1.807, 2.05) is 12.4 Å². The third kappa shape index (κ3) is 2.80. The Bertz CT molecular complexity index is 2320. The summed E-state index contributed by atoms with van der Waals surface area (Å²) in [5, 5.41) is 5.18. The van der Waals surface area contributed by atoms with Crippen LogP contribution < -0.4 is 0 Å². The van der Waals surface area contributed by atoms with Gasteiger partial charge in [-0.05, 0) is 53.1 Å². The van der Waals surface area contributed by atoms with E-state index in [9.17, 15) is 0 Å². The van der Waals surface area contributed by atoms with E-state index in [-0.39, 0.29) is 5.41 Å². The summed E-state index contributed by atoms with van der Waals surface area (Å²) in [6, 6.07) is 41.9. The minimum Gasteiger partial charge on any atom is -0.309 e. The van der Waals surface area contributed by atoms with E-state index in [0.717, 1.165) is 5.69 Å². The molecule has 0 N–H and O–H groups in total. The standard InChI is InChI=1S/C38H27N3/c1-38(2)29-17-9-6-14-26(29)34-35(38)37-33(28-16-8-11-19-31(28)41(37)24-12-4-3-5-13-24)32-27-15-7-10-18-30(27)40(36(32)34)25-20-22-39-23-21-25/h3-23H,1-2H3. The molecule has 1 aliphatic carbocycles. The lowest BCUT2D eigenvalue weighted by molar-refractivity contribution is 0.664. The quantitative estimate of drug-likeness (QED) is 0.220. The lowest BCUT2D eigenvalue weighted by atomic mass is 9.81. The van der Waals surface area contributed by atoms with Crippen LogP contribution in [0.1, 0.15) is 25.0 Å². The summed E-state index contributed by atoms with van der Waals surface area (Å²) >= 11 is 0. The van der Waals surface area contributed by atoms with Crippen molar-refractivity contribution in [2.45, 2.75) is 19.3 Å². The average molecular weight is 526 g/mol. The number of hydrogen-bond acceptors (Lipinski definition) is 1. The molecule has 0 spiro atoms. The normalized spacial score (nSPS) is 13.8. The van der Waals surface area contributed by atoms with Crippen molar-refractivity contribution in [1.82, 2.24) is 14.1 Å². The topological polar surface area (TPSA) is 22.8 Å². The van der Waals surface area contributed by atoms with Crippen LogP contribution in [0.15, 0.2) is 128 Å². The third-order valence-corrected chi connectivity index (χ3v) is 9.15. The number of rotatable bonds is 2. The van der Waals surface area contributed by atoms with Gasteiger partial charge in [-0.15, -0.1) is 0 Å². The van der Waals surface area contributed by atoms with Crippen molar-refractivity contribution in [2.75, 3.05) is 0 Å². The second-order valence-electron chi connectivity index (χ2n) is 11.6. The molecule has 9 rings (SSSR count). The Labute approximate surface area is 237 Å². The summed E-state index contributed by atoms with van der Waals surface area (Å²) in [6.45, 7) is 4.80. The van der Waals surface area contributed by atoms with Gasteiger partial charge in [-0.25, -0.2) is 0 Å².